The van der Waals surface area contributed by atoms with Crippen LogP contribution in [0.4, 0.5) is 4.79 Å². The van der Waals surface area contributed by atoms with Crippen LogP contribution in [0.1, 0.15) is 38.7 Å². The molecule has 0 aromatic heterocycles. The summed E-state index contributed by atoms with van der Waals surface area (Å²) < 4.78 is 16.5. The van der Waals surface area contributed by atoms with E-state index in [4.69, 9.17) is 19.2 Å². The normalized spacial score (nSPS) is 17.4. The van der Waals surface area contributed by atoms with Gasteiger partial charge in [-0.05, 0) is 44.4 Å². The van der Waals surface area contributed by atoms with E-state index in [1.807, 2.05) is 32.0 Å². The third-order valence-electron chi connectivity index (χ3n) is 4.94. The number of carbonyl (C=O) groups is 1. The summed E-state index contributed by atoms with van der Waals surface area (Å²) in [5, 5.41) is 6.80. The van der Waals surface area contributed by atoms with Gasteiger partial charge in [-0.15, -0.1) is 0 Å². The minimum Gasteiger partial charge on any atom is -0.490 e. The molecular formula is C21H32N4O4. The molecule has 0 unspecified atom stereocenters. The van der Waals surface area contributed by atoms with Gasteiger partial charge in [-0.2, -0.15) is 0 Å². The van der Waals surface area contributed by atoms with E-state index in [1.54, 1.807) is 4.90 Å². The number of carbonyl (C=O) groups excluding carboxylic acids is 1. The number of piperidine rings is 1. The SMILES string of the molecule is CCNC(=NCc1ccc2c(c1)OCCCO2)NC1CCN(C(=O)OCC)CC1. The molecule has 3 rings (SSSR count). The summed E-state index contributed by atoms with van der Waals surface area (Å²) in [6.07, 6.45) is 2.41. The van der Waals surface area contributed by atoms with E-state index in [0.29, 0.717) is 39.5 Å². The second-order valence-electron chi connectivity index (χ2n) is 7.13. The molecule has 2 heterocycles. The molecule has 2 aliphatic heterocycles. The highest BCUT2D eigenvalue weighted by atomic mass is 16.6. The molecule has 8 heteroatoms. The van der Waals surface area contributed by atoms with Crippen LogP contribution in [0.15, 0.2) is 23.2 Å². The summed E-state index contributed by atoms with van der Waals surface area (Å²) in [6.45, 7) is 8.37. The highest BCUT2D eigenvalue weighted by Gasteiger charge is 2.24. The van der Waals surface area contributed by atoms with Gasteiger partial charge in [0.25, 0.3) is 0 Å². The lowest BCUT2D eigenvalue weighted by molar-refractivity contribution is 0.0963. The third-order valence-corrected chi connectivity index (χ3v) is 4.94. The van der Waals surface area contributed by atoms with Crippen molar-refractivity contribution >= 4 is 12.1 Å². The van der Waals surface area contributed by atoms with E-state index in [-0.39, 0.29) is 12.1 Å². The van der Waals surface area contributed by atoms with Crippen molar-refractivity contribution in [1.82, 2.24) is 15.5 Å². The Balaban J connectivity index is 1.55. The number of nitrogens with zero attached hydrogens (tertiary/aromatic N) is 2. The molecule has 1 saturated heterocycles. The van der Waals surface area contributed by atoms with Gasteiger partial charge in [-0.1, -0.05) is 6.07 Å². The van der Waals surface area contributed by atoms with Gasteiger partial charge in [0, 0.05) is 32.1 Å². The Morgan fingerprint density at radius 3 is 2.69 bits per heavy atom. The zero-order valence-corrected chi connectivity index (χ0v) is 17.4. The van der Waals surface area contributed by atoms with Gasteiger partial charge < -0.3 is 29.7 Å². The summed E-state index contributed by atoms with van der Waals surface area (Å²) >= 11 is 0. The van der Waals surface area contributed by atoms with Crippen molar-refractivity contribution in [3.63, 3.8) is 0 Å². The molecule has 160 valence electrons. The molecule has 1 aromatic rings. The topological polar surface area (TPSA) is 84.4 Å². The molecular weight excluding hydrogens is 372 g/mol. The number of nitrogens with one attached hydrogen (secondary N) is 2. The van der Waals surface area contributed by atoms with Crippen LogP contribution < -0.4 is 20.1 Å². The van der Waals surface area contributed by atoms with Crippen LogP contribution in [0.25, 0.3) is 0 Å². The van der Waals surface area contributed by atoms with E-state index < -0.39 is 0 Å². The van der Waals surface area contributed by atoms with Crippen LogP contribution in [0.5, 0.6) is 11.5 Å². The van der Waals surface area contributed by atoms with Crippen LogP contribution in [0, 0.1) is 0 Å². The fourth-order valence-electron chi connectivity index (χ4n) is 3.41. The van der Waals surface area contributed by atoms with E-state index in [0.717, 1.165) is 48.8 Å². The minimum atomic E-state index is -0.221. The first-order valence-electron chi connectivity index (χ1n) is 10.5. The van der Waals surface area contributed by atoms with E-state index in [2.05, 4.69) is 10.6 Å². The van der Waals surface area contributed by atoms with Gasteiger partial charge in [0.15, 0.2) is 17.5 Å². The average Bonchev–Trinajstić information content (AvgIpc) is 2.98. The van der Waals surface area contributed by atoms with Gasteiger partial charge in [0.05, 0.1) is 26.4 Å². The second-order valence-corrected chi connectivity index (χ2v) is 7.13. The second kappa shape index (κ2) is 10.8. The van der Waals surface area contributed by atoms with Gasteiger partial charge in [0.1, 0.15) is 0 Å². The highest BCUT2D eigenvalue weighted by molar-refractivity contribution is 5.80. The van der Waals surface area contributed by atoms with Crippen molar-refractivity contribution in [2.45, 2.75) is 45.7 Å². The molecule has 0 atom stereocenters. The van der Waals surface area contributed by atoms with Crippen molar-refractivity contribution in [2.75, 3.05) is 39.5 Å². The maximum atomic E-state index is 11.8. The van der Waals surface area contributed by atoms with Crippen LogP contribution >= 0.6 is 0 Å². The predicted octanol–water partition coefficient (Wildman–Crippen LogP) is 2.52. The zero-order chi connectivity index (χ0) is 20.5. The number of benzene rings is 1. The molecule has 8 nitrogen and oxygen atoms in total. The molecule has 1 aromatic carbocycles. The van der Waals surface area contributed by atoms with Gasteiger partial charge in [0.2, 0.25) is 0 Å². The number of aliphatic imine (C=N–C) groups is 1. The summed E-state index contributed by atoms with van der Waals surface area (Å²) in [7, 11) is 0. The molecule has 2 N–H and O–H groups in total. The monoisotopic (exact) mass is 404 g/mol. The molecule has 2 aliphatic rings. The fraction of sp³-hybridized carbons (Fsp3) is 0.619. The molecule has 1 amide bonds. The fourth-order valence-corrected chi connectivity index (χ4v) is 3.41. The van der Waals surface area contributed by atoms with Crippen LogP contribution in [0.2, 0.25) is 0 Å². The Bertz CT molecular complexity index is 702. The molecule has 1 fully saturated rings. The van der Waals surface area contributed by atoms with Gasteiger partial charge in [-0.3, -0.25) is 0 Å². The van der Waals surface area contributed by atoms with Crippen LogP contribution in [-0.2, 0) is 11.3 Å². The number of hydrogen-bond donors (Lipinski definition) is 2. The first-order chi connectivity index (χ1) is 14.2. The van der Waals surface area contributed by atoms with Crippen molar-refractivity contribution in [1.29, 1.82) is 0 Å². The first-order valence-corrected chi connectivity index (χ1v) is 10.5. The lowest BCUT2D eigenvalue weighted by Gasteiger charge is -2.32. The van der Waals surface area contributed by atoms with Crippen molar-refractivity contribution in [3.8, 4) is 11.5 Å². The number of likely N-dealkylation sites (tertiary alicyclic amines) is 1. The van der Waals surface area contributed by atoms with E-state index in [1.165, 1.54) is 0 Å². The van der Waals surface area contributed by atoms with Crippen molar-refractivity contribution < 1.29 is 19.0 Å². The smallest absolute Gasteiger partial charge is 0.409 e. The number of ether oxygens (including phenoxy) is 3. The number of rotatable bonds is 5. The lowest BCUT2D eigenvalue weighted by atomic mass is 10.1. The van der Waals surface area contributed by atoms with Crippen molar-refractivity contribution in [3.05, 3.63) is 23.8 Å². The number of guanidine groups is 1. The number of amides is 1. The standard InChI is InChI=1S/C21H32N4O4/c1-3-22-20(24-17-8-10-25(11-9-17)21(26)27-4-2)23-15-16-6-7-18-19(14-16)29-13-5-12-28-18/h6-7,14,17H,3-5,8-13,15H2,1-2H3,(H2,22,23,24). The predicted molar refractivity (Wildman–Crippen MR) is 112 cm³/mol. The number of fused-ring (bicyclic) bond motifs is 1. The molecule has 0 bridgehead atoms. The van der Waals surface area contributed by atoms with Gasteiger partial charge in [-0.25, -0.2) is 9.79 Å². The van der Waals surface area contributed by atoms with Crippen LogP contribution in [0.3, 0.4) is 0 Å². The largest absolute Gasteiger partial charge is 0.490 e. The quantitative estimate of drug-likeness (QED) is 0.580. The van der Waals surface area contributed by atoms with E-state index in [9.17, 15) is 4.79 Å². The van der Waals surface area contributed by atoms with E-state index >= 15 is 0 Å². The zero-order valence-electron chi connectivity index (χ0n) is 17.4. The Kier molecular flexibility index (Phi) is 7.84. The van der Waals surface area contributed by atoms with Crippen LogP contribution in [-0.4, -0.2) is 62.4 Å². The minimum absolute atomic E-state index is 0.221. The lowest BCUT2D eigenvalue weighted by Crippen LogP contribution is -2.49. The van der Waals surface area contributed by atoms with Gasteiger partial charge >= 0.3 is 6.09 Å². The Hall–Kier alpha value is -2.64. The highest BCUT2D eigenvalue weighted by Crippen LogP contribution is 2.30. The maximum Gasteiger partial charge on any atom is 0.409 e. The Morgan fingerprint density at radius 2 is 1.97 bits per heavy atom. The molecule has 29 heavy (non-hydrogen) atoms. The summed E-state index contributed by atoms with van der Waals surface area (Å²) in [5.74, 6) is 2.38. The summed E-state index contributed by atoms with van der Waals surface area (Å²) in [5.41, 5.74) is 1.07. The Morgan fingerprint density at radius 1 is 1.21 bits per heavy atom. The summed E-state index contributed by atoms with van der Waals surface area (Å²) in [4.78, 5) is 18.3. The van der Waals surface area contributed by atoms with Crippen molar-refractivity contribution in [2.24, 2.45) is 4.99 Å². The summed E-state index contributed by atoms with van der Waals surface area (Å²) in [6, 6.07) is 6.27. The Labute approximate surface area is 172 Å². The molecule has 0 spiro atoms. The molecule has 0 radical (unpaired) electrons. The number of hydrogen-bond acceptors (Lipinski definition) is 5. The maximum absolute atomic E-state index is 11.8. The average molecular weight is 405 g/mol. The first kappa shape index (κ1) is 21.1. The molecule has 0 saturated carbocycles. The third kappa shape index (κ3) is 6.17. The molecule has 0 aliphatic carbocycles.